The first-order valence-corrected chi connectivity index (χ1v) is 7.61. The van der Waals surface area contributed by atoms with Gasteiger partial charge in [-0.3, -0.25) is 9.80 Å². The van der Waals surface area contributed by atoms with Crippen LogP contribution in [0.3, 0.4) is 0 Å². The van der Waals surface area contributed by atoms with Gasteiger partial charge in [0, 0.05) is 37.0 Å². The van der Waals surface area contributed by atoms with Gasteiger partial charge in [-0.15, -0.1) is 0 Å². The van der Waals surface area contributed by atoms with Crippen molar-refractivity contribution in [3.63, 3.8) is 0 Å². The summed E-state index contributed by atoms with van der Waals surface area (Å²) in [5.74, 6) is 0.823. The molecule has 0 aromatic carbocycles. The molecule has 2 nitrogen and oxygen atoms in total. The maximum Gasteiger partial charge on any atom is 0.0277 e. The Bertz CT molecular complexity index is 206. The molecule has 0 radical (unpaired) electrons. The summed E-state index contributed by atoms with van der Waals surface area (Å²) in [6.07, 6.45) is 2.64. The van der Waals surface area contributed by atoms with E-state index in [0.717, 1.165) is 11.2 Å². The molecule has 1 fully saturated rings. The molecule has 1 atom stereocenters. The lowest BCUT2D eigenvalue weighted by molar-refractivity contribution is 0.0331. The van der Waals surface area contributed by atoms with Crippen LogP contribution in [0.25, 0.3) is 0 Å². The SMILES string of the molecule is CCCC(CBr)CN1CCN(C)C(C)(C)C1. The van der Waals surface area contributed by atoms with Crippen LogP contribution < -0.4 is 0 Å². The normalized spacial score (nSPS) is 24.6. The number of alkyl halides is 1. The first kappa shape index (κ1) is 14.5. The molecule has 1 saturated heterocycles. The summed E-state index contributed by atoms with van der Waals surface area (Å²) in [7, 11) is 2.24. The summed E-state index contributed by atoms with van der Waals surface area (Å²) in [5, 5.41) is 1.15. The molecular formula is C13H27BrN2. The zero-order chi connectivity index (χ0) is 12.2. The minimum absolute atomic E-state index is 0.335. The second-order valence-electron chi connectivity index (χ2n) is 5.78. The lowest BCUT2D eigenvalue weighted by atomic mass is 9.98. The van der Waals surface area contributed by atoms with Gasteiger partial charge in [0.25, 0.3) is 0 Å². The number of nitrogens with zero attached hydrogens (tertiary/aromatic N) is 2. The van der Waals surface area contributed by atoms with Gasteiger partial charge in [0.15, 0.2) is 0 Å². The molecule has 96 valence electrons. The van der Waals surface area contributed by atoms with Crippen molar-refractivity contribution in [1.29, 1.82) is 0 Å². The van der Waals surface area contributed by atoms with Crippen molar-refractivity contribution in [3.8, 4) is 0 Å². The average Bonchev–Trinajstić information content (AvgIpc) is 2.22. The molecule has 1 aliphatic rings. The Morgan fingerprint density at radius 1 is 1.31 bits per heavy atom. The van der Waals surface area contributed by atoms with E-state index in [1.807, 2.05) is 0 Å². The fourth-order valence-electron chi connectivity index (χ4n) is 2.49. The van der Waals surface area contributed by atoms with E-state index >= 15 is 0 Å². The van der Waals surface area contributed by atoms with E-state index in [4.69, 9.17) is 0 Å². The van der Waals surface area contributed by atoms with Crippen LogP contribution in [0.15, 0.2) is 0 Å². The lowest BCUT2D eigenvalue weighted by Crippen LogP contribution is -2.58. The second kappa shape index (κ2) is 6.36. The molecule has 0 aromatic rings. The Kier molecular flexibility index (Phi) is 5.75. The molecule has 1 rings (SSSR count). The Morgan fingerprint density at radius 3 is 2.50 bits per heavy atom. The third kappa shape index (κ3) is 4.01. The van der Waals surface area contributed by atoms with Gasteiger partial charge in [-0.25, -0.2) is 0 Å². The first-order chi connectivity index (χ1) is 7.49. The van der Waals surface area contributed by atoms with Crippen molar-refractivity contribution in [2.75, 3.05) is 38.6 Å². The molecule has 1 aliphatic heterocycles. The van der Waals surface area contributed by atoms with Gasteiger partial charge in [-0.1, -0.05) is 29.3 Å². The molecule has 3 heteroatoms. The molecular weight excluding hydrogens is 264 g/mol. The highest BCUT2D eigenvalue weighted by atomic mass is 79.9. The highest BCUT2D eigenvalue weighted by Gasteiger charge is 2.31. The van der Waals surface area contributed by atoms with Crippen LogP contribution in [-0.4, -0.2) is 53.9 Å². The first-order valence-electron chi connectivity index (χ1n) is 6.49. The molecule has 0 bridgehead atoms. The van der Waals surface area contributed by atoms with E-state index < -0.39 is 0 Å². The van der Waals surface area contributed by atoms with Crippen molar-refractivity contribution in [2.24, 2.45) is 5.92 Å². The number of piperazine rings is 1. The third-order valence-corrected chi connectivity index (χ3v) is 4.74. The molecule has 0 aromatic heterocycles. The van der Waals surface area contributed by atoms with Gasteiger partial charge in [-0.05, 0) is 33.2 Å². The largest absolute Gasteiger partial charge is 0.300 e. The second-order valence-corrected chi connectivity index (χ2v) is 6.43. The monoisotopic (exact) mass is 290 g/mol. The topological polar surface area (TPSA) is 6.48 Å². The minimum atomic E-state index is 0.335. The maximum atomic E-state index is 3.65. The van der Waals surface area contributed by atoms with Gasteiger partial charge in [0.1, 0.15) is 0 Å². The minimum Gasteiger partial charge on any atom is -0.300 e. The van der Waals surface area contributed by atoms with Gasteiger partial charge in [-0.2, -0.15) is 0 Å². The standard InChI is InChI=1S/C13H27BrN2/c1-5-6-12(9-14)10-16-8-7-15(4)13(2,3)11-16/h12H,5-11H2,1-4H3. The van der Waals surface area contributed by atoms with E-state index in [1.165, 1.54) is 39.0 Å². The molecule has 0 aliphatic carbocycles. The summed E-state index contributed by atoms with van der Waals surface area (Å²) in [4.78, 5) is 5.12. The number of halogens is 1. The van der Waals surface area contributed by atoms with Gasteiger partial charge in [0.2, 0.25) is 0 Å². The molecule has 0 amide bonds. The summed E-state index contributed by atoms with van der Waals surface area (Å²) >= 11 is 3.65. The van der Waals surface area contributed by atoms with Crippen LogP contribution in [0, 0.1) is 5.92 Å². The summed E-state index contributed by atoms with van der Waals surface area (Å²) in [6, 6.07) is 0. The van der Waals surface area contributed by atoms with Crippen LogP contribution >= 0.6 is 15.9 Å². The third-order valence-electron chi connectivity index (χ3n) is 3.83. The quantitative estimate of drug-likeness (QED) is 0.719. The molecule has 0 saturated carbocycles. The Hall–Kier alpha value is 0.400. The molecule has 16 heavy (non-hydrogen) atoms. The van der Waals surface area contributed by atoms with Crippen LogP contribution in [-0.2, 0) is 0 Å². The number of hydrogen-bond donors (Lipinski definition) is 0. The van der Waals surface area contributed by atoms with Crippen LogP contribution in [0.4, 0.5) is 0 Å². The van der Waals surface area contributed by atoms with Crippen molar-refractivity contribution < 1.29 is 0 Å². The Labute approximate surface area is 109 Å². The van der Waals surface area contributed by atoms with Crippen LogP contribution in [0.1, 0.15) is 33.6 Å². The summed E-state index contributed by atoms with van der Waals surface area (Å²) in [6.45, 7) is 11.9. The maximum absolute atomic E-state index is 3.65. The molecule has 0 N–H and O–H groups in total. The van der Waals surface area contributed by atoms with Gasteiger partial charge in [0.05, 0.1) is 0 Å². The smallest absolute Gasteiger partial charge is 0.0277 e. The predicted molar refractivity (Wildman–Crippen MR) is 75.3 cm³/mol. The average molecular weight is 291 g/mol. The molecule has 1 heterocycles. The van der Waals surface area contributed by atoms with Gasteiger partial charge < -0.3 is 0 Å². The predicted octanol–water partition coefficient (Wildman–Crippen LogP) is 2.82. The number of likely N-dealkylation sites (N-methyl/N-ethyl adjacent to an activating group) is 1. The Balaban J connectivity index is 2.43. The molecule has 0 spiro atoms. The zero-order valence-corrected chi connectivity index (χ0v) is 12.9. The van der Waals surface area contributed by atoms with E-state index in [1.54, 1.807) is 0 Å². The highest BCUT2D eigenvalue weighted by molar-refractivity contribution is 9.09. The van der Waals surface area contributed by atoms with E-state index in [9.17, 15) is 0 Å². The van der Waals surface area contributed by atoms with Gasteiger partial charge >= 0.3 is 0 Å². The van der Waals surface area contributed by atoms with Crippen molar-refractivity contribution >= 4 is 15.9 Å². The summed E-state index contributed by atoms with van der Waals surface area (Å²) in [5.41, 5.74) is 0.335. The number of hydrogen-bond acceptors (Lipinski definition) is 2. The highest BCUT2D eigenvalue weighted by Crippen LogP contribution is 2.21. The molecule has 1 unspecified atom stereocenters. The number of rotatable bonds is 5. The Morgan fingerprint density at radius 2 is 2.00 bits per heavy atom. The fourth-order valence-corrected chi connectivity index (χ4v) is 3.02. The van der Waals surface area contributed by atoms with Crippen molar-refractivity contribution in [1.82, 2.24) is 9.80 Å². The fraction of sp³-hybridized carbons (Fsp3) is 1.00. The van der Waals surface area contributed by atoms with E-state index in [-0.39, 0.29) is 0 Å². The van der Waals surface area contributed by atoms with E-state index in [2.05, 4.69) is 53.5 Å². The lowest BCUT2D eigenvalue weighted by Gasteiger charge is -2.46. The van der Waals surface area contributed by atoms with Crippen LogP contribution in [0.5, 0.6) is 0 Å². The van der Waals surface area contributed by atoms with Crippen molar-refractivity contribution in [3.05, 3.63) is 0 Å². The van der Waals surface area contributed by atoms with Crippen molar-refractivity contribution in [2.45, 2.75) is 39.2 Å². The summed E-state index contributed by atoms with van der Waals surface area (Å²) < 4.78 is 0. The zero-order valence-electron chi connectivity index (χ0n) is 11.3. The van der Waals surface area contributed by atoms with E-state index in [0.29, 0.717) is 5.54 Å². The van der Waals surface area contributed by atoms with Crippen LogP contribution in [0.2, 0.25) is 0 Å².